The number of amides is 2. The zero-order valence-corrected chi connectivity index (χ0v) is 13.4. The van der Waals surface area contributed by atoms with Crippen molar-refractivity contribution in [2.75, 3.05) is 11.9 Å². The predicted octanol–water partition coefficient (Wildman–Crippen LogP) is 1.47. The third-order valence-corrected chi connectivity index (χ3v) is 3.54. The molecule has 1 atom stereocenters. The Balaban J connectivity index is 2.50. The maximum Gasteiger partial charge on any atom is 0.243 e. The molecule has 1 aromatic rings. The summed E-state index contributed by atoms with van der Waals surface area (Å²) in [6.07, 6.45) is 0. The fourth-order valence-corrected chi connectivity index (χ4v) is 1.99. The van der Waals surface area contributed by atoms with E-state index in [1.807, 2.05) is 36.4 Å². The molecule has 0 spiro atoms. The quantitative estimate of drug-likeness (QED) is 0.663. The number of halogens is 2. The van der Waals surface area contributed by atoms with Crippen molar-refractivity contribution in [3.05, 3.63) is 27.6 Å². The van der Waals surface area contributed by atoms with Crippen LogP contribution in [0.4, 0.5) is 10.1 Å². The molecule has 0 saturated carbocycles. The molecule has 0 aliphatic rings. The third kappa shape index (κ3) is 5.04. The summed E-state index contributed by atoms with van der Waals surface area (Å²) in [7, 11) is 0. The van der Waals surface area contributed by atoms with Crippen molar-refractivity contribution in [3.8, 4) is 0 Å². The van der Waals surface area contributed by atoms with Gasteiger partial charge in [0.25, 0.3) is 0 Å². The number of rotatable bonds is 5. The number of anilines is 1. The smallest absolute Gasteiger partial charge is 0.243 e. The number of hydrogen-bond donors (Lipinski definition) is 3. The molecule has 0 fully saturated rings. The number of nitrogens with one attached hydrogen (secondary N) is 2. The molecule has 0 aliphatic heterocycles. The molecule has 1 aromatic carbocycles. The van der Waals surface area contributed by atoms with E-state index in [1.54, 1.807) is 0 Å². The zero-order chi connectivity index (χ0) is 15.3. The maximum atomic E-state index is 12.9. The topological polar surface area (TPSA) is 84.2 Å². The van der Waals surface area contributed by atoms with Gasteiger partial charge in [0.05, 0.1) is 18.3 Å². The molecule has 0 saturated heterocycles. The highest BCUT2D eigenvalue weighted by Gasteiger charge is 2.17. The third-order valence-electron chi connectivity index (χ3n) is 2.65. The average molecular weight is 393 g/mol. The van der Waals surface area contributed by atoms with Crippen LogP contribution in [0.15, 0.2) is 18.2 Å². The molecule has 4 N–H and O–H groups in total. The van der Waals surface area contributed by atoms with E-state index in [0.29, 0.717) is 9.26 Å². The number of hydrogen-bond acceptors (Lipinski definition) is 3. The highest BCUT2D eigenvalue weighted by Crippen LogP contribution is 2.18. The van der Waals surface area contributed by atoms with Gasteiger partial charge < -0.3 is 16.4 Å². The summed E-state index contributed by atoms with van der Waals surface area (Å²) in [6.45, 7) is 3.48. The van der Waals surface area contributed by atoms with Crippen molar-refractivity contribution in [2.45, 2.75) is 19.9 Å². The molecule has 7 heteroatoms. The van der Waals surface area contributed by atoms with E-state index >= 15 is 0 Å². The summed E-state index contributed by atoms with van der Waals surface area (Å²) >= 11 is 1.92. The standard InChI is InChI=1S/C13H17FIN3O2/c1-7(2)12(16)13(20)17-6-11(19)18-10-4-3-8(14)5-9(10)15/h3-5,7,12H,6,16H2,1-2H3,(H,17,20)(H,18,19)/t12-/m0/s1. The van der Waals surface area contributed by atoms with Crippen molar-refractivity contribution in [2.24, 2.45) is 11.7 Å². The lowest BCUT2D eigenvalue weighted by Gasteiger charge is -2.15. The molecule has 0 aromatic heterocycles. The lowest BCUT2D eigenvalue weighted by molar-refractivity contribution is -0.125. The summed E-state index contributed by atoms with van der Waals surface area (Å²) < 4.78 is 13.5. The van der Waals surface area contributed by atoms with Crippen molar-refractivity contribution in [3.63, 3.8) is 0 Å². The van der Waals surface area contributed by atoms with Crippen molar-refractivity contribution in [1.29, 1.82) is 0 Å². The van der Waals surface area contributed by atoms with Gasteiger partial charge >= 0.3 is 0 Å². The minimum atomic E-state index is -0.645. The minimum absolute atomic E-state index is 0.00360. The summed E-state index contributed by atoms with van der Waals surface area (Å²) in [5.41, 5.74) is 6.15. The summed E-state index contributed by atoms with van der Waals surface area (Å²) in [4.78, 5) is 23.3. The van der Waals surface area contributed by atoms with Gasteiger partial charge in [0, 0.05) is 3.57 Å². The Bertz CT molecular complexity index is 508. The second kappa shape index (κ2) is 7.53. The zero-order valence-electron chi connectivity index (χ0n) is 11.2. The first-order valence-corrected chi connectivity index (χ1v) is 7.17. The first-order valence-electron chi connectivity index (χ1n) is 6.09. The molecule has 2 amide bonds. The van der Waals surface area contributed by atoms with Gasteiger partial charge in [-0.3, -0.25) is 9.59 Å². The molecule has 1 rings (SSSR count). The summed E-state index contributed by atoms with van der Waals surface area (Å²) in [6, 6.07) is 3.39. The van der Waals surface area contributed by atoms with Crippen LogP contribution in [0.1, 0.15) is 13.8 Å². The van der Waals surface area contributed by atoms with Crippen LogP contribution in [0.25, 0.3) is 0 Å². The lowest BCUT2D eigenvalue weighted by Crippen LogP contribution is -2.46. The molecule has 0 unspecified atom stereocenters. The normalized spacial score (nSPS) is 12.1. The fraction of sp³-hybridized carbons (Fsp3) is 0.385. The van der Waals surface area contributed by atoms with Gasteiger partial charge in [0.2, 0.25) is 11.8 Å². The van der Waals surface area contributed by atoms with Gasteiger partial charge in [-0.1, -0.05) is 13.8 Å². The average Bonchev–Trinajstić information content (AvgIpc) is 2.38. The van der Waals surface area contributed by atoms with Gasteiger partial charge in [0.1, 0.15) is 5.82 Å². The molecule has 110 valence electrons. The van der Waals surface area contributed by atoms with Crippen LogP contribution >= 0.6 is 22.6 Å². The van der Waals surface area contributed by atoms with E-state index in [4.69, 9.17) is 5.73 Å². The van der Waals surface area contributed by atoms with Gasteiger partial charge in [0.15, 0.2) is 0 Å². The van der Waals surface area contributed by atoms with Crippen molar-refractivity contribution in [1.82, 2.24) is 5.32 Å². The Morgan fingerprint density at radius 3 is 2.60 bits per heavy atom. The highest BCUT2D eigenvalue weighted by atomic mass is 127. The molecular weight excluding hydrogens is 376 g/mol. The van der Waals surface area contributed by atoms with Crippen LogP contribution in [0.5, 0.6) is 0 Å². The van der Waals surface area contributed by atoms with E-state index in [1.165, 1.54) is 18.2 Å². The first-order chi connectivity index (χ1) is 9.31. The van der Waals surface area contributed by atoms with Crippen LogP contribution < -0.4 is 16.4 Å². The van der Waals surface area contributed by atoms with Gasteiger partial charge in [-0.2, -0.15) is 0 Å². The van der Waals surface area contributed by atoms with Crippen LogP contribution in [0.2, 0.25) is 0 Å². The molecular formula is C13H17FIN3O2. The van der Waals surface area contributed by atoms with Crippen molar-refractivity contribution < 1.29 is 14.0 Å². The molecule has 0 heterocycles. The number of carbonyl (C=O) groups is 2. The largest absolute Gasteiger partial charge is 0.346 e. The van der Waals surface area contributed by atoms with Crippen molar-refractivity contribution >= 4 is 40.1 Å². The molecule has 20 heavy (non-hydrogen) atoms. The first kappa shape index (κ1) is 16.8. The Kier molecular flexibility index (Phi) is 6.34. The van der Waals surface area contributed by atoms with Crippen LogP contribution in [-0.4, -0.2) is 24.4 Å². The number of carbonyl (C=O) groups excluding carboxylic acids is 2. The Labute approximate surface area is 130 Å². The van der Waals surface area contributed by atoms with E-state index in [-0.39, 0.29) is 30.1 Å². The molecule has 0 aliphatic carbocycles. The number of nitrogens with two attached hydrogens (primary N) is 1. The second-order valence-corrected chi connectivity index (χ2v) is 5.82. The van der Waals surface area contributed by atoms with Crippen LogP contribution in [-0.2, 0) is 9.59 Å². The van der Waals surface area contributed by atoms with E-state index < -0.39 is 6.04 Å². The molecule has 5 nitrogen and oxygen atoms in total. The second-order valence-electron chi connectivity index (χ2n) is 4.66. The predicted molar refractivity (Wildman–Crippen MR) is 83.6 cm³/mol. The maximum absolute atomic E-state index is 12.9. The molecule has 0 radical (unpaired) electrons. The SMILES string of the molecule is CC(C)[C@H](N)C(=O)NCC(=O)Nc1ccc(F)cc1I. The lowest BCUT2D eigenvalue weighted by atomic mass is 10.1. The Morgan fingerprint density at radius 1 is 1.40 bits per heavy atom. The minimum Gasteiger partial charge on any atom is -0.346 e. The van der Waals surface area contributed by atoms with E-state index in [9.17, 15) is 14.0 Å². The van der Waals surface area contributed by atoms with Gasteiger partial charge in [-0.25, -0.2) is 4.39 Å². The van der Waals surface area contributed by atoms with Crippen LogP contribution in [0, 0.1) is 15.3 Å². The Hall–Kier alpha value is -1.22. The van der Waals surface area contributed by atoms with Gasteiger partial charge in [-0.15, -0.1) is 0 Å². The summed E-state index contributed by atoms with van der Waals surface area (Å²) in [5.74, 6) is -1.14. The van der Waals surface area contributed by atoms with Gasteiger partial charge in [-0.05, 0) is 46.7 Å². The molecule has 0 bridgehead atoms. The van der Waals surface area contributed by atoms with Crippen LogP contribution in [0.3, 0.4) is 0 Å². The monoisotopic (exact) mass is 393 g/mol. The Morgan fingerprint density at radius 2 is 2.05 bits per heavy atom. The van der Waals surface area contributed by atoms with E-state index in [2.05, 4.69) is 10.6 Å². The fourth-order valence-electron chi connectivity index (χ4n) is 1.37. The highest BCUT2D eigenvalue weighted by molar-refractivity contribution is 14.1. The van der Waals surface area contributed by atoms with E-state index in [0.717, 1.165) is 0 Å². The summed E-state index contributed by atoms with van der Waals surface area (Å²) in [5, 5.41) is 5.05. The number of benzene rings is 1.